The van der Waals surface area contributed by atoms with Crippen LogP contribution < -0.4 is 4.72 Å². The Morgan fingerprint density at radius 3 is 2.40 bits per heavy atom. The van der Waals surface area contributed by atoms with Gasteiger partial charge in [0.25, 0.3) is 0 Å². The molecule has 0 unspecified atom stereocenters. The van der Waals surface area contributed by atoms with Gasteiger partial charge in [-0.05, 0) is 48.5 Å². The third-order valence-electron chi connectivity index (χ3n) is 3.31. The lowest BCUT2D eigenvalue weighted by atomic mass is 10.2. The summed E-state index contributed by atoms with van der Waals surface area (Å²) >= 11 is 5.74. The van der Waals surface area contributed by atoms with E-state index in [1.807, 2.05) is 0 Å². The van der Waals surface area contributed by atoms with Gasteiger partial charge in [-0.1, -0.05) is 11.6 Å². The number of rotatable bonds is 6. The van der Waals surface area contributed by atoms with Crippen molar-refractivity contribution < 1.29 is 17.2 Å². The van der Waals surface area contributed by atoms with Gasteiger partial charge in [0.2, 0.25) is 21.8 Å². The molecule has 130 valence electrons. The number of nitrogens with zero attached hydrogens (tertiary/aromatic N) is 2. The van der Waals surface area contributed by atoms with Crippen LogP contribution in [-0.2, 0) is 16.4 Å². The minimum atomic E-state index is -3.64. The van der Waals surface area contributed by atoms with Crippen LogP contribution in [0.5, 0.6) is 0 Å². The van der Waals surface area contributed by atoms with Crippen molar-refractivity contribution in [2.24, 2.45) is 0 Å². The topological polar surface area (TPSA) is 85.1 Å². The quantitative estimate of drug-likeness (QED) is 0.709. The van der Waals surface area contributed by atoms with E-state index < -0.39 is 10.0 Å². The van der Waals surface area contributed by atoms with Crippen LogP contribution >= 0.6 is 11.6 Å². The molecule has 25 heavy (non-hydrogen) atoms. The second-order valence-electron chi connectivity index (χ2n) is 5.11. The predicted octanol–water partition coefficient (Wildman–Crippen LogP) is 3.05. The fraction of sp³-hybridized carbons (Fsp3) is 0.125. The van der Waals surface area contributed by atoms with Crippen molar-refractivity contribution in [3.05, 3.63) is 65.3 Å². The summed E-state index contributed by atoms with van der Waals surface area (Å²) in [5.74, 6) is 0.161. The minimum Gasteiger partial charge on any atom is -0.421 e. The lowest BCUT2D eigenvalue weighted by molar-refractivity contribution is 0.502. The van der Waals surface area contributed by atoms with Crippen LogP contribution in [0.3, 0.4) is 0 Å². The summed E-state index contributed by atoms with van der Waals surface area (Å²) < 4.78 is 45.1. The molecule has 1 heterocycles. The number of hydrogen-bond acceptors (Lipinski definition) is 5. The van der Waals surface area contributed by atoms with Gasteiger partial charge in [0.1, 0.15) is 5.82 Å². The standard InChI is InChI=1S/C16H13ClFN3O3S/c17-12-3-7-14(8-4-12)25(22,23)19-10-9-15-20-21-16(24-15)11-1-5-13(18)6-2-11/h1-8,19H,9-10H2. The number of nitrogens with one attached hydrogen (secondary N) is 1. The van der Waals surface area contributed by atoms with Gasteiger partial charge in [-0.3, -0.25) is 0 Å². The molecule has 0 radical (unpaired) electrons. The van der Waals surface area contributed by atoms with Crippen molar-refractivity contribution in [3.8, 4) is 11.5 Å². The van der Waals surface area contributed by atoms with Gasteiger partial charge in [0.05, 0.1) is 4.90 Å². The summed E-state index contributed by atoms with van der Waals surface area (Å²) in [5, 5.41) is 8.18. The molecule has 0 aliphatic heterocycles. The molecule has 9 heteroatoms. The molecule has 1 N–H and O–H groups in total. The van der Waals surface area contributed by atoms with Crippen LogP contribution in [0.2, 0.25) is 5.02 Å². The maximum absolute atomic E-state index is 12.9. The minimum absolute atomic E-state index is 0.0933. The first-order chi connectivity index (χ1) is 11.9. The van der Waals surface area contributed by atoms with Gasteiger partial charge in [0, 0.05) is 23.6 Å². The van der Waals surface area contributed by atoms with E-state index in [1.165, 1.54) is 48.5 Å². The highest BCUT2D eigenvalue weighted by molar-refractivity contribution is 7.89. The first kappa shape index (κ1) is 17.5. The van der Waals surface area contributed by atoms with Gasteiger partial charge in [-0.15, -0.1) is 10.2 Å². The fourth-order valence-electron chi connectivity index (χ4n) is 2.05. The van der Waals surface area contributed by atoms with Crippen LogP contribution in [-0.4, -0.2) is 25.2 Å². The molecule has 3 aromatic rings. The van der Waals surface area contributed by atoms with Gasteiger partial charge in [0.15, 0.2) is 0 Å². The van der Waals surface area contributed by atoms with Crippen molar-refractivity contribution in [1.82, 2.24) is 14.9 Å². The summed E-state index contributed by atoms with van der Waals surface area (Å²) in [6.45, 7) is 0.0933. The van der Waals surface area contributed by atoms with E-state index in [-0.39, 0.29) is 35.5 Å². The molecule has 0 aliphatic carbocycles. The molecule has 0 amide bonds. The molecule has 0 saturated carbocycles. The molecule has 1 aromatic heterocycles. The zero-order valence-electron chi connectivity index (χ0n) is 12.8. The fourth-order valence-corrected chi connectivity index (χ4v) is 3.21. The zero-order chi connectivity index (χ0) is 17.9. The Labute approximate surface area is 148 Å². The third-order valence-corrected chi connectivity index (χ3v) is 5.04. The highest BCUT2D eigenvalue weighted by atomic mass is 35.5. The molecule has 3 rings (SSSR count). The van der Waals surface area contributed by atoms with Gasteiger partial charge >= 0.3 is 0 Å². The number of benzene rings is 2. The lowest BCUT2D eigenvalue weighted by Gasteiger charge is -2.05. The van der Waals surface area contributed by atoms with E-state index >= 15 is 0 Å². The maximum Gasteiger partial charge on any atom is 0.247 e. The highest BCUT2D eigenvalue weighted by Crippen LogP contribution is 2.18. The molecule has 0 aliphatic rings. The molecule has 0 bridgehead atoms. The Balaban J connectivity index is 1.61. The Kier molecular flexibility index (Phi) is 5.12. The molecule has 2 aromatic carbocycles. The van der Waals surface area contributed by atoms with Crippen molar-refractivity contribution in [1.29, 1.82) is 0 Å². The largest absolute Gasteiger partial charge is 0.421 e. The average Bonchev–Trinajstić information content (AvgIpc) is 3.04. The Bertz CT molecular complexity index is 957. The molecule has 0 atom stereocenters. The average molecular weight is 382 g/mol. The summed E-state index contributed by atoms with van der Waals surface area (Å²) in [7, 11) is -3.64. The Hall–Kier alpha value is -2.29. The SMILES string of the molecule is O=S(=O)(NCCc1nnc(-c2ccc(F)cc2)o1)c1ccc(Cl)cc1. The summed E-state index contributed by atoms with van der Waals surface area (Å²) in [4.78, 5) is 0.120. The lowest BCUT2D eigenvalue weighted by Crippen LogP contribution is -2.26. The van der Waals surface area contributed by atoms with Gasteiger partial charge < -0.3 is 4.42 Å². The second-order valence-corrected chi connectivity index (χ2v) is 7.31. The van der Waals surface area contributed by atoms with Crippen molar-refractivity contribution in [2.45, 2.75) is 11.3 Å². The summed E-state index contributed by atoms with van der Waals surface area (Å²) in [5.41, 5.74) is 0.585. The van der Waals surface area contributed by atoms with Crippen molar-refractivity contribution in [2.75, 3.05) is 6.54 Å². The number of aromatic nitrogens is 2. The first-order valence-electron chi connectivity index (χ1n) is 7.27. The normalized spacial score (nSPS) is 11.6. The smallest absolute Gasteiger partial charge is 0.247 e. The monoisotopic (exact) mass is 381 g/mol. The third kappa shape index (κ3) is 4.41. The van der Waals surface area contributed by atoms with E-state index in [9.17, 15) is 12.8 Å². The first-order valence-corrected chi connectivity index (χ1v) is 9.14. The van der Waals surface area contributed by atoms with E-state index in [1.54, 1.807) is 0 Å². The zero-order valence-corrected chi connectivity index (χ0v) is 14.4. The molecular weight excluding hydrogens is 369 g/mol. The maximum atomic E-state index is 12.9. The molecule has 0 fully saturated rings. The van der Waals surface area contributed by atoms with Crippen molar-refractivity contribution >= 4 is 21.6 Å². The number of halogens is 2. The van der Waals surface area contributed by atoms with E-state index in [0.29, 0.717) is 10.6 Å². The van der Waals surface area contributed by atoms with Crippen LogP contribution in [0.25, 0.3) is 11.5 Å². The van der Waals surface area contributed by atoms with Gasteiger partial charge in [-0.25, -0.2) is 17.5 Å². The van der Waals surface area contributed by atoms with Crippen molar-refractivity contribution in [3.63, 3.8) is 0 Å². The Morgan fingerprint density at radius 2 is 1.72 bits per heavy atom. The molecule has 6 nitrogen and oxygen atoms in total. The van der Waals surface area contributed by atoms with E-state index in [4.69, 9.17) is 16.0 Å². The summed E-state index contributed by atoms with van der Waals surface area (Å²) in [6.07, 6.45) is 0.223. The number of sulfonamides is 1. The van der Waals surface area contributed by atoms with Crippen LogP contribution in [0.4, 0.5) is 4.39 Å². The van der Waals surface area contributed by atoms with E-state index in [0.717, 1.165) is 0 Å². The van der Waals surface area contributed by atoms with Crippen LogP contribution in [0, 0.1) is 5.82 Å². The van der Waals surface area contributed by atoms with Gasteiger partial charge in [-0.2, -0.15) is 0 Å². The molecular formula is C16H13ClFN3O3S. The van der Waals surface area contributed by atoms with Crippen LogP contribution in [0.15, 0.2) is 57.8 Å². The van der Waals surface area contributed by atoms with E-state index in [2.05, 4.69) is 14.9 Å². The molecule has 0 saturated heterocycles. The predicted molar refractivity (Wildman–Crippen MR) is 90.0 cm³/mol. The highest BCUT2D eigenvalue weighted by Gasteiger charge is 2.14. The molecule has 0 spiro atoms. The van der Waals surface area contributed by atoms with Crippen LogP contribution in [0.1, 0.15) is 5.89 Å². The summed E-state index contributed by atoms with van der Waals surface area (Å²) in [6, 6.07) is 11.5. The second kappa shape index (κ2) is 7.30. The number of hydrogen-bond donors (Lipinski definition) is 1. The Morgan fingerprint density at radius 1 is 1.04 bits per heavy atom.